The fourth-order valence-electron chi connectivity index (χ4n) is 2.90. The first kappa shape index (κ1) is 17.8. The Kier molecular flexibility index (Phi) is 7.41. The number of unbranched alkanes of at least 4 members (excludes halogenated alkanes) is 1. The number of benzene rings is 2. The van der Waals surface area contributed by atoms with Crippen LogP contribution in [0.1, 0.15) is 52.9 Å². The van der Waals surface area contributed by atoms with Crippen LogP contribution in [0.25, 0.3) is 10.8 Å². The zero-order chi connectivity index (χ0) is 16.5. The number of nitrogens with zero attached hydrogens (tertiary/aromatic N) is 1. The second-order valence-corrected chi connectivity index (χ2v) is 6.35. The molecule has 126 valence electrons. The molecule has 23 heavy (non-hydrogen) atoms. The van der Waals surface area contributed by atoms with Crippen LogP contribution in [0, 0.1) is 5.92 Å². The van der Waals surface area contributed by atoms with Crippen molar-refractivity contribution in [3.8, 4) is 0 Å². The summed E-state index contributed by atoms with van der Waals surface area (Å²) in [5, 5.41) is 4.64. The second kappa shape index (κ2) is 9.57. The van der Waals surface area contributed by atoms with Crippen molar-refractivity contribution >= 4 is 16.5 Å². The van der Waals surface area contributed by atoms with Crippen molar-refractivity contribution in [1.82, 2.24) is 0 Å². The van der Waals surface area contributed by atoms with Crippen LogP contribution in [0.3, 0.4) is 0 Å². The molecule has 1 atom stereocenters. The first-order chi connectivity index (χ1) is 11.3. The van der Waals surface area contributed by atoms with Crippen LogP contribution in [0.5, 0.6) is 0 Å². The summed E-state index contributed by atoms with van der Waals surface area (Å²) < 4.78 is 0. The molecule has 0 aromatic heterocycles. The summed E-state index contributed by atoms with van der Waals surface area (Å²) in [7, 11) is 0. The van der Waals surface area contributed by atoms with E-state index in [-0.39, 0.29) is 0 Å². The standard InChI is InChI=1S/C21H31NO/c1-4-7-10-18(6-3)17-23-22(15-5-2)21-14-13-19-11-8-9-12-20(19)16-21/h8-9,11-14,16,18H,4-7,10,15,17H2,1-3H3. The number of hydrogen-bond donors (Lipinski definition) is 0. The molecule has 1 unspecified atom stereocenters. The maximum absolute atomic E-state index is 6.20. The van der Waals surface area contributed by atoms with Crippen molar-refractivity contribution in [1.29, 1.82) is 0 Å². The van der Waals surface area contributed by atoms with E-state index in [0.717, 1.165) is 25.3 Å². The Balaban J connectivity index is 2.06. The molecule has 0 spiro atoms. The van der Waals surface area contributed by atoms with Crippen LogP contribution in [-0.2, 0) is 4.84 Å². The van der Waals surface area contributed by atoms with E-state index in [0.29, 0.717) is 5.92 Å². The molecule has 2 heteroatoms. The van der Waals surface area contributed by atoms with E-state index in [1.807, 2.05) is 0 Å². The van der Waals surface area contributed by atoms with Gasteiger partial charge in [-0.15, -0.1) is 0 Å². The number of hydroxylamine groups is 1. The molecule has 0 heterocycles. The zero-order valence-corrected chi connectivity index (χ0v) is 14.9. The molecule has 0 saturated heterocycles. The van der Waals surface area contributed by atoms with Gasteiger partial charge in [-0.1, -0.05) is 70.4 Å². The van der Waals surface area contributed by atoms with E-state index in [2.05, 4.69) is 68.3 Å². The van der Waals surface area contributed by atoms with Crippen LogP contribution in [0.2, 0.25) is 0 Å². The van der Waals surface area contributed by atoms with Crippen LogP contribution < -0.4 is 5.06 Å². The summed E-state index contributed by atoms with van der Waals surface area (Å²) in [5.41, 5.74) is 1.16. The molecular formula is C21H31NO. The van der Waals surface area contributed by atoms with Gasteiger partial charge in [0.1, 0.15) is 0 Å². The lowest BCUT2D eigenvalue weighted by molar-refractivity contribution is 0.0722. The van der Waals surface area contributed by atoms with Gasteiger partial charge in [-0.05, 0) is 41.7 Å². The van der Waals surface area contributed by atoms with Gasteiger partial charge in [-0.25, -0.2) is 0 Å². The summed E-state index contributed by atoms with van der Waals surface area (Å²) in [6.07, 6.45) is 6.10. The number of hydrogen-bond acceptors (Lipinski definition) is 2. The molecule has 2 aromatic carbocycles. The molecule has 0 bridgehead atoms. The highest BCUT2D eigenvalue weighted by Gasteiger charge is 2.12. The van der Waals surface area contributed by atoms with Crippen molar-refractivity contribution < 1.29 is 4.84 Å². The van der Waals surface area contributed by atoms with Gasteiger partial charge in [0.2, 0.25) is 0 Å². The minimum absolute atomic E-state index is 0.662. The van der Waals surface area contributed by atoms with E-state index < -0.39 is 0 Å². The monoisotopic (exact) mass is 313 g/mol. The van der Waals surface area contributed by atoms with Crippen molar-refractivity contribution in [3.63, 3.8) is 0 Å². The molecule has 0 radical (unpaired) electrons. The Morgan fingerprint density at radius 2 is 1.74 bits per heavy atom. The van der Waals surface area contributed by atoms with Gasteiger partial charge < -0.3 is 0 Å². The van der Waals surface area contributed by atoms with Crippen LogP contribution >= 0.6 is 0 Å². The Labute approximate surface area is 141 Å². The van der Waals surface area contributed by atoms with Gasteiger partial charge in [0.25, 0.3) is 0 Å². The van der Waals surface area contributed by atoms with Gasteiger partial charge in [0.15, 0.2) is 0 Å². The Morgan fingerprint density at radius 3 is 2.43 bits per heavy atom. The zero-order valence-electron chi connectivity index (χ0n) is 14.9. The van der Waals surface area contributed by atoms with Crippen molar-refractivity contribution in [2.45, 2.75) is 52.9 Å². The van der Waals surface area contributed by atoms with Crippen LogP contribution in [0.4, 0.5) is 5.69 Å². The van der Waals surface area contributed by atoms with Crippen LogP contribution in [0.15, 0.2) is 42.5 Å². The highest BCUT2D eigenvalue weighted by molar-refractivity contribution is 5.85. The topological polar surface area (TPSA) is 12.5 Å². The second-order valence-electron chi connectivity index (χ2n) is 6.35. The molecule has 0 N–H and O–H groups in total. The summed E-state index contributed by atoms with van der Waals surface area (Å²) in [4.78, 5) is 6.20. The normalized spacial score (nSPS) is 12.5. The van der Waals surface area contributed by atoms with E-state index >= 15 is 0 Å². The Morgan fingerprint density at radius 1 is 0.957 bits per heavy atom. The Bertz CT molecular complexity index is 581. The lowest BCUT2D eigenvalue weighted by atomic mass is 10.0. The lowest BCUT2D eigenvalue weighted by Crippen LogP contribution is -2.27. The first-order valence-corrected chi connectivity index (χ1v) is 9.17. The number of fused-ring (bicyclic) bond motifs is 1. The Hall–Kier alpha value is -1.54. The van der Waals surface area contributed by atoms with E-state index in [1.54, 1.807) is 0 Å². The predicted octanol–water partition coefficient (Wildman–Crippen LogP) is 6.20. The van der Waals surface area contributed by atoms with Crippen LogP contribution in [-0.4, -0.2) is 13.2 Å². The molecule has 0 saturated carbocycles. The molecule has 2 rings (SSSR count). The summed E-state index contributed by atoms with van der Waals surface area (Å²) in [6.45, 7) is 8.48. The highest BCUT2D eigenvalue weighted by atomic mass is 16.7. The van der Waals surface area contributed by atoms with E-state index in [4.69, 9.17) is 4.84 Å². The van der Waals surface area contributed by atoms with Gasteiger partial charge in [-0.3, -0.25) is 9.90 Å². The summed E-state index contributed by atoms with van der Waals surface area (Å²) in [6, 6.07) is 15.1. The molecule has 0 amide bonds. The quantitative estimate of drug-likeness (QED) is 0.484. The highest BCUT2D eigenvalue weighted by Crippen LogP contribution is 2.23. The maximum atomic E-state index is 6.20. The largest absolute Gasteiger partial charge is 0.273 e. The average molecular weight is 313 g/mol. The minimum atomic E-state index is 0.662. The molecule has 2 nitrogen and oxygen atoms in total. The molecule has 2 aromatic rings. The third-order valence-electron chi connectivity index (χ3n) is 4.46. The van der Waals surface area contributed by atoms with Gasteiger partial charge in [0.05, 0.1) is 12.3 Å². The molecular weight excluding hydrogens is 282 g/mol. The smallest absolute Gasteiger partial charge is 0.0776 e. The fraction of sp³-hybridized carbons (Fsp3) is 0.524. The van der Waals surface area contributed by atoms with E-state index in [1.165, 1.54) is 36.5 Å². The summed E-state index contributed by atoms with van der Waals surface area (Å²) in [5.74, 6) is 0.662. The third kappa shape index (κ3) is 5.24. The van der Waals surface area contributed by atoms with Gasteiger partial charge in [-0.2, -0.15) is 0 Å². The van der Waals surface area contributed by atoms with Gasteiger partial charge >= 0.3 is 0 Å². The maximum Gasteiger partial charge on any atom is 0.0776 e. The van der Waals surface area contributed by atoms with E-state index in [9.17, 15) is 0 Å². The van der Waals surface area contributed by atoms with Crippen molar-refractivity contribution in [3.05, 3.63) is 42.5 Å². The third-order valence-corrected chi connectivity index (χ3v) is 4.46. The molecule has 0 aliphatic carbocycles. The van der Waals surface area contributed by atoms with Crippen molar-refractivity contribution in [2.24, 2.45) is 5.92 Å². The lowest BCUT2D eigenvalue weighted by Gasteiger charge is -2.26. The van der Waals surface area contributed by atoms with Gasteiger partial charge in [0, 0.05) is 6.54 Å². The first-order valence-electron chi connectivity index (χ1n) is 9.17. The average Bonchev–Trinajstić information content (AvgIpc) is 2.60. The van der Waals surface area contributed by atoms with Crippen molar-refractivity contribution in [2.75, 3.05) is 18.2 Å². The fourth-order valence-corrected chi connectivity index (χ4v) is 2.90. The molecule has 0 aliphatic heterocycles. The predicted molar refractivity (Wildman–Crippen MR) is 101 cm³/mol. The SMILES string of the molecule is CCCCC(CC)CON(CCC)c1ccc2ccccc2c1. The summed E-state index contributed by atoms with van der Waals surface area (Å²) >= 11 is 0. The molecule has 0 aliphatic rings. The molecule has 0 fully saturated rings. The number of rotatable bonds is 10. The minimum Gasteiger partial charge on any atom is -0.273 e. The number of anilines is 1.